The summed E-state index contributed by atoms with van der Waals surface area (Å²) in [4.78, 5) is 4.97. The minimum atomic E-state index is -1.55. The van der Waals surface area contributed by atoms with Crippen LogP contribution >= 0.6 is 0 Å². The lowest BCUT2D eigenvalue weighted by molar-refractivity contribution is 0.645. The molecule has 0 saturated carbocycles. The van der Waals surface area contributed by atoms with Crippen molar-refractivity contribution >= 4 is 125 Å². The largest absolute Gasteiger partial charge is 0.310 e. The Labute approximate surface area is 466 Å². The molecule has 13 aromatic rings. The van der Waals surface area contributed by atoms with Gasteiger partial charge in [0.05, 0.1) is 16.1 Å². The van der Waals surface area contributed by atoms with Gasteiger partial charge in [0, 0.05) is 39.5 Å². The van der Waals surface area contributed by atoms with E-state index in [1.807, 2.05) is 0 Å². The number of rotatable bonds is 9. The van der Waals surface area contributed by atoms with Crippen LogP contribution in [0, 0.1) is 0 Å². The first kappa shape index (κ1) is 48.8. The van der Waals surface area contributed by atoms with Gasteiger partial charge in [-0.1, -0.05) is 233 Å². The maximum atomic E-state index is 2.51. The Hall–Kier alpha value is -8.55. The highest BCUT2D eigenvalue weighted by Crippen LogP contribution is 2.56. The first-order chi connectivity index (χ1) is 38.2. The maximum absolute atomic E-state index is 2.51. The van der Waals surface area contributed by atoms with Crippen LogP contribution in [0.4, 0.5) is 34.1 Å². The molecule has 14 rings (SSSR count). The van der Waals surface area contributed by atoms with Crippen molar-refractivity contribution < 1.29 is 0 Å². The van der Waals surface area contributed by atoms with E-state index in [1.165, 1.54) is 108 Å². The van der Waals surface area contributed by atoms with Gasteiger partial charge in [0.2, 0.25) is 0 Å². The molecule has 382 valence electrons. The van der Waals surface area contributed by atoms with Gasteiger partial charge in [-0.25, -0.2) is 0 Å². The van der Waals surface area contributed by atoms with Crippen LogP contribution in [0.3, 0.4) is 0 Å². The van der Waals surface area contributed by atoms with Crippen molar-refractivity contribution in [3.8, 4) is 22.3 Å². The number of hydrogen-bond donors (Lipinski definition) is 0. The first-order valence-electron chi connectivity index (χ1n) is 28.1. The normalized spacial score (nSPS) is 13.2. The fourth-order valence-corrected chi connectivity index (χ4v) is 15.4. The standard InChI is InChI=1S/C75H64N2Si2/c1-75(2)70-24-16-23-64-69-47-58(76(54-33-39-60(40-34-54)78(3,4)5)56-31-29-51-27-25-49-17-12-14-21-62(49)67(51)45-56)37-43-65(69)72(53-19-10-9-11-20-53)74(73(64)70)66-44-38-59(48-71(66)75)77(55-35-41-61(42-36-55)79(6,7)8)57-32-30-52-28-26-50-18-13-15-22-63(50)68(52)46-57/h9-48H,1-8H3. The highest BCUT2D eigenvalue weighted by atomic mass is 28.3. The average molecular weight is 1050 g/mol. The molecular formula is C75H64N2Si2. The minimum absolute atomic E-state index is 0.345. The Balaban J connectivity index is 0.995. The van der Waals surface area contributed by atoms with Gasteiger partial charge in [-0.3, -0.25) is 0 Å². The monoisotopic (exact) mass is 1050 g/mol. The quantitative estimate of drug-likeness (QED) is 0.105. The Morgan fingerprint density at radius 1 is 0.291 bits per heavy atom. The molecule has 13 aromatic carbocycles. The van der Waals surface area contributed by atoms with Crippen molar-refractivity contribution in [1.82, 2.24) is 0 Å². The number of nitrogens with zero attached hydrogens (tertiary/aromatic N) is 2. The third-order valence-electron chi connectivity index (χ3n) is 17.3. The molecule has 0 unspecified atom stereocenters. The summed E-state index contributed by atoms with van der Waals surface area (Å²) in [7, 11) is -3.10. The van der Waals surface area contributed by atoms with Gasteiger partial charge >= 0.3 is 0 Å². The summed E-state index contributed by atoms with van der Waals surface area (Å²) in [5.41, 5.74) is 14.3. The van der Waals surface area contributed by atoms with Crippen LogP contribution in [0.25, 0.3) is 86.9 Å². The lowest BCUT2D eigenvalue weighted by Crippen LogP contribution is -2.37. The molecule has 0 radical (unpaired) electrons. The van der Waals surface area contributed by atoms with Crippen LogP contribution in [0.15, 0.2) is 243 Å². The fourth-order valence-electron chi connectivity index (χ4n) is 13.0. The molecule has 0 fully saturated rings. The predicted molar refractivity (Wildman–Crippen MR) is 350 cm³/mol. The van der Waals surface area contributed by atoms with E-state index in [4.69, 9.17) is 0 Å². The van der Waals surface area contributed by atoms with Gasteiger partial charge in [-0.2, -0.15) is 0 Å². The summed E-state index contributed by atoms with van der Waals surface area (Å²) in [6, 6.07) is 92.3. The fraction of sp³-hybridized carbons (Fsp3) is 0.120. The summed E-state index contributed by atoms with van der Waals surface area (Å²) in [6.45, 7) is 19.5. The second-order valence-corrected chi connectivity index (χ2v) is 34.7. The van der Waals surface area contributed by atoms with E-state index in [0.29, 0.717) is 0 Å². The Bertz CT molecular complexity index is 4580. The van der Waals surface area contributed by atoms with Crippen molar-refractivity contribution in [2.24, 2.45) is 0 Å². The van der Waals surface area contributed by atoms with Crippen LogP contribution in [0.1, 0.15) is 25.0 Å². The van der Waals surface area contributed by atoms with Gasteiger partial charge in [0.1, 0.15) is 0 Å². The molecule has 0 heterocycles. The lowest BCUT2D eigenvalue weighted by Gasteiger charge is -2.38. The van der Waals surface area contributed by atoms with Crippen LogP contribution in [-0.4, -0.2) is 16.1 Å². The summed E-state index contributed by atoms with van der Waals surface area (Å²) in [6.07, 6.45) is 0. The zero-order valence-electron chi connectivity index (χ0n) is 46.5. The van der Waals surface area contributed by atoms with Gasteiger partial charge in [0.25, 0.3) is 0 Å². The third-order valence-corrected chi connectivity index (χ3v) is 21.4. The summed E-state index contributed by atoms with van der Waals surface area (Å²) in [5.74, 6) is 0. The average Bonchev–Trinajstić information content (AvgIpc) is 2.54. The number of fused-ring (bicyclic) bond motifs is 10. The van der Waals surface area contributed by atoms with E-state index in [-0.39, 0.29) is 5.41 Å². The molecular weight excluding hydrogens is 985 g/mol. The molecule has 1 aliphatic rings. The highest BCUT2D eigenvalue weighted by molar-refractivity contribution is 6.89. The second kappa shape index (κ2) is 18.3. The van der Waals surface area contributed by atoms with Gasteiger partial charge in [-0.15, -0.1) is 0 Å². The van der Waals surface area contributed by atoms with Crippen LogP contribution in [-0.2, 0) is 5.41 Å². The molecule has 0 saturated heterocycles. The van der Waals surface area contributed by atoms with Crippen molar-refractivity contribution in [3.05, 3.63) is 254 Å². The van der Waals surface area contributed by atoms with Crippen molar-refractivity contribution in [1.29, 1.82) is 0 Å². The molecule has 0 amide bonds. The molecule has 0 atom stereocenters. The van der Waals surface area contributed by atoms with E-state index in [0.717, 1.165) is 34.1 Å². The van der Waals surface area contributed by atoms with Crippen molar-refractivity contribution in [2.45, 2.75) is 58.5 Å². The minimum Gasteiger partial charge on any atom is -0.310 e. The SMILES string of the molecule is CC1(C)c2cc(N(c3ccc([Si](C)(C)C)cc3)c3ccc4ccc5ccccc5c4c3)ccc2-c2c(-c3ccccc3)c3ccc(N(c4ccc([Si](C)(C)C)cc4)c4ccc5ccc6ccccc6c5c4)cc3c3cccc1c23. The highest BCUT2D eigenvalue weighted by Gasteiger charge is 2.37. The molecule has 0 N–H and O–H groups in total. The molecule has 0 aromatic heterocycles. The number of benzene rings is 13. The number of anilines is 6. The van der Waals surface area contributed by atoms with E-state index >= 15 is 0 Å². The lowest BCUT2D eigenvalue weighted by atomic mass is 9.66. The summed E-state index contributed by atoms with van der Waals surface area (Å²) >= 11 is 0. The van der Waals surface area contributed by atoms with Crippen LogP contribution in [0.2, 0.25) is 39.3 Å². The van der Waals surface area contributed by atoms with Gasteiger partial charge in [-0.05, 0) is 171 Å². The zero-order valence-corrected chi connectivity index (χ0v) is 48.5. The molecule has 0 aliphatic heterocycles. The topological polar surface area (TPSA) is 6.48 Å². The smallest absolute Gasteiger partial charge is 0.0775 e. The molecule has 0 bridgehead atoms. The predicted octanol–water partition coefficient (Wildman–Crippen LogP) is 20.6. The van der Waals surface area contributed by atoms with Gasteiger partial charge < -0.3 is 9.80 Å². The third kappa shape index (κ3) is 8.11. The van der Waals surface area contributed by atoms with E-state index < -0.39 is 16.1 Å². The second-order valence-electron chi connectivity index (χ2n) is 24.6. The van der Waals surface area contributed by atoms with Gasteiger partial charge in [0.15, 0.2) is 0 Å². The first-order valence-corrected chi connectivity index (χ1v) is 35.1. The molecule has 4 heteroatoms. The Kier molecular flexibility index (Phi) is 11.3. The molecule has 2 nitrogen and oxygen atoms in total. The summed E-state index contributed by atoms with van der Waals surface area (Å²) < 4.78 is 0. The van der Waals surface area contributed by atoms with Crippen LogP contribution < -0.4 is 20.2 Å². The van der Waals surface area contributed by atoms with Crippen molar-refractivity contribution in [2.75, 3.05) is 9.80 Å². The number of hydrogen-bond acceptors (Lipinski definition) is 2. The van der Waals surface area contributed by atoms with E-state index in [9.17, 15) is 0 Å². The van der Waals surface area contributed by atoms with Crippen molar-refractivity contribution in [3.63, 3.8) is 0 Å². The molecule has 0 spiro atoms. The van der Waals surface area contributed by atoms with E-state index in [2.05, 4.69) is 306 Å². The molecule has 1 aliphatic carbocycles. The molecule has 79 heavy (non-hydrogen) atoms. The maximum Gasteiger partial charge on any atom is 0.0775 e. The Morgan fingerprint density at radius 3 is 1.24 bits per heavy atom. The summed E-state index contributed by atoms with van der Waals surface area (Å²) in [5, 5.41) is 18.0. The Morgan fingerprint density at radius 2 is 0.709 bits per heavy atom. The van der Waals surface area contributed by atoms with E-state index in [1.54, 1.807) is 0 Å². The zero-order chi connectivity index (χ0) is 54.0. The van der Waals surface area contributed by atoms with Crippen LogP contribution in [0.5, 0.6) is 0 Å².